The van der Waals surface area contributed by atoms with Crippen LogP contribution in [0.2, 0.25) is 0 Å². The van der Waals surface area contributed by atoms with Crippen LogP contribution in [0.1, 0.15) is 13.8 Å². The van der Waals surface area contributed by atoms with E-state index >= 15 is 0 Å². The molecule has 0 unspecified atom stereocenters. The molecule has 3 aromatic rings. The van der Waals surface area contributed by atoms with Crippen molar-refractivity contribution in [3.8, 4) is 0 Å². The number of sulfonamides is 1. The first-order valence-corrected chi connectivity index (χ1v) is 11.6. The lowest BCUT2D eigenvalue weighted by Gasteiger charge is -2.34. The van der Waals surface area contributed by atoms with Gasteiger partial charge in [0.05, 0.1) is 17.2 Å². The van der Waals surface area contributed by atoms with Crippen LogP contribution in [0.5, 0.6) is 0 Å². The van der Waals surface area contributed by atoms with E-state index in [0.717, 1.165) is 6.07 Å². The Kier molecular flexibility index (Phi) is 5.76. The van der Waals surface area contributed by atoms with Crippen LogP contribution in [-0.4, -0.2) is 53.4 Å². The zero-order valence-corrected chi connectivity index (χ0v) is 18.2. The van der Waals surface area contributed by atoms with Crippen molar-refractivity contribution in [2.45, 2.75) is 25.3 Å². The van der Waals surface area contributed by atoms with Crippen LogP contribution < -0.4 is 10.5 Å². The largest absolute Gasteiger partial charge is 0.349 e. The standard InChI is InChI=1S/C21H24FN5O3S/c1-15(2)14-27-18-13-23-8-7-17(18)24-20(21(27)28)25-9-11-26(12-10-25)31(29,30)19-6-4-3-5-16(19)22/h3-8,13,15H,9-12,14H2,1-2H3. The molecule has 0 radical (unpaired) electrons. The number of piperazine rings is 1. The van der Waals surface area contributed by atoms with Gasteiger partial charge in [0.1, 0.15) is 10.7 Å². The van der Waals surface area contributed by atoms with Gasteiger partial charge in [-0.15, -0.1) is 0 Å². The van der Waals surface area contributed by atoms with Crippen LogP contribution >= 0.6 is 0 Å². The van der Waals surface area contributed by atoms with Crippen LogP contribution in [0.4, 0.5) is 10.2 Å². The lowest BCUT2D eigenvalue weighted by Crippen LogP contribution is -2.50. The summed E-state index contributed by atoms with van der Waals surface area (Å²) in [5.41, 5.74) is 1.11. The number of fused-ring (bicyclic) bond motifs is 1. The molecule has 1 aliphatic heterocycles. The van der Waals surface area contributed by atoms with Crippen molar-refractivity contribution in [1.29, 1.82) is 0 Å². The van der Waals surface area contributed by atoms with Gasteiger partial charge in [-0.1, -0.05) is 26.0 Å². The summed E-state index contributed by atoms with van der Waals surface area (Å²) in [5.74, 6) is -0.229. The average molecular weight is 446 g/mol. The number of benzene rings is 1. The molecule has 2 aromatic heterocycles. The summed E-state index contributed by atoms with van der Waals surface area (Å²) in [6, 6.07) is 7.11. The molecule has 10 heteroatoms. The van der Waals surface area contributed by atoms with Crippen molar-refractivity contribution in [3.05, 3.63) is 58.9 Å². The maximum Gasteiger partial charge on any atom is 0.294 e. The monoisotopic (exact) mass is 445 g/mol. The normalized spacial score (nSPS) is 15.7. The molecular weight excluding hydrogens is 421 g/mol. The van der Waals surface area contributed by atoms with Crippen molar-refractivity contribution in [3.63, 3.8) is 0 Å². The van der Waals surface area contributed by atoms with Crippen LogP contribution in [0.3, 0.4) is 0 Å². The highest BCUT2D eigenvalue weighted by molar-refractivity contribution is 7.89. The van der Waals surface area contributed by atoms with Gasteiger partial charge in [-0.05, 0) is 24.1 Å². The van der Waals surface area contributed by atoms with Crippen molar-refractivity contribution in [2.24, 2.45) is 5.92 Å². The molecule has 3 heterocycles. The fraction of sp³-hybridized carbons (Fsp3) is 0.381. The lowest BCUT2D eigenvalue weighted by molar-refractivity contribution is 0.380. The van der Waals surface area contributed by atoms with E-state index in [1.165, 1.54) is 22.5 Å². The molecule has 1 saturated heterocycles. The summed E-state index contributed by atoms with van der Waals surface area (Å²) in [7, 11) is -3.95. The summed E-state index contributed by atoms with van der Waals surface area (Å²) in [4.78, 5) is 23.3. The number of rotatable bonds is 5. The highest BCUT2D eigenvalue weighted by Crippen LogP contribution is 2.22. The molecule has 1 fully saturated rings. The second-order valence-electron chi connectivity index (χ2n) is 7.93. The van der Waals surface area contributed by atoms with Crippen LogP contribution in [0.15, 0.2) is 52.4 Å². The van der Waals surface area contributed by atoms with Gasteiger partial charge in [0.25, 0.3) is 5.56 Å². The Morgan fingerprint density at radius 1 is 1.10 bits per heavy atom. The van der Waals surface area contributed by atoms with Crippen LogP contribution in [0.25, 0.3) is 11.0 Å². The van der Waals surface area contributed by atoms with E-state index in [-0.39, 0.29) is 42.6 Å². The van der Waals surface area contributed by atoms with Gasteiger partial charge >= 0.3 is 0 Å². The number of aromatic nitrogens is 3. The maximum atomic E-state index is 14.1. The summed E-state index contributed by atoms with van der Waals surface area (Å²) < 4.78 is 42.7. The molecule has 0 saturated carbocycles. The van der Waals surface area contributed by atoms with E-state index in [4.69, 9.17) is 0 Å². The molecular formula is C21H24FN5O3S. The molecule has 1 aromatic carbocycles. The highest BCUT2D eigenvalue weighted by Gasteiger charge is 2.31. The Morgan fingerprint density at radius 2 is 1.81 bits per heavy atom. The van der Waals surface area contributed by atoms with Crippen molar-refractivity contribution in [1.82, 2.24) is 18.8 Å². The zero-order chi connectivity index (χ0) is 22.2. The van der Waals surface area contributed by atoms with Gasteiger partial charge in [0, 0.05) is 38.9 Å². The van der Waals surface area contributed by atoms with Crippen molar-refractivity contribution in [2.75, 3.05) is 31.1 Å². The summed E-state index contributed by atoms with van der Waals surface area (Å²) in [6.45, 7) is 5.43. The molecule has 8 nitrogen and oxygen atoms in total. The average Bonchev–Trinajstić information content (AvgIpc) is 2.75. The molecule has 31 heavy (non-hydrogen) atoms. The first-order chi connectivity index (χ1) is 14.8. The van der Waals surface area contributed by atoms with E-state index < -0.39 is 15.8 Å². The molecule has 0 spiro atoms. The van der Waals surface area contributed by atoms with Gasteiger partial charge in [0.2, 0.25) is 10.0 Å². The minimum Gasteiger partial charge on any atom is -0.349 e. The summed E-state index contributed by atoms with van der Waals surface area (Å²) >= 11 is 0. The second-order valence-corrected chi connectivity index (χ2v) is 9.84. The van der Waals surface area contributed by atoms with Gasteiger partial charge in [-0.2, -0.15) is 4.31 Å². The highest BCUT2D eigenvalue weighted by atomic mass is 32.2. The number of anilines is 1. The topological polar surface area (TPSA) is 88.4 Å². The number of halogens is 1. The van der Waals surface area contributed by atoms with Gasteiger partial charge in [0.15, 0.2) is 5.82 Å². The Morgan fingerprint density at radius 3 is 2.48 bits per heavy atom. The van der Waals surface area contributed by atoms with Gasteiger partial charge in [-0.3, -0.25) is 9.78 Å². The fourth-order valence-corrected chi connectivity index (χ4v) is 5.25. The van der Waals surface area contributed by atoms with E-state index in [1.54, 1.807) is 27.9 Å². The van der Waals surface area contributed by atoms with Crippen LogP contribution in [-0.2, 0) is 16.6 Å². The molecule has 0 amide bonds. The van der Waals surface area contributed by atoms with E-state index in [1.807, 2.05) is 13.8 Å². The predicted molar refractivity (Wildman–Crippen MR) is 116 cm³/mol. The molecule has 0 N–H and O–H groups in total. The maximum absolute atomic E-state index is 14.1. The lowest BCUT2D eigenvalue weighted by atomic mass is 10.2. The third kappa shape index (κ3) is 4.05. The van der Waals surface area contributed by atoms with E-state index in [2.05, 4.69) is 9.97 Å². The number of hydrogen-bond donors (Lipinski definition) is 0. The van der Waals surface area contributed by atoms with E-state index in [0.29, 0.717) is 23.4 Å². The minimum absolute atomic E-state index is 0.135. The molecule has 164 valence electrons. The zero-order valence-electron chi connectivity index (χ0n) is 17.4. The first kappa shape index (κ1) is 21.4. The minimum atomic E-state index is -3.95. The SMILES string of the molecule is CC(C)Cn1c(=O)c(N2CCN(S(=O)(=O)c3ccccc3F)CC2)nc2ccncc21. The number of pyridine rings is 1. The molecule has 0 atom stereocenters. The first-order valence-electron chi connectivity index (χ1n) is 10.1. The van der Waals surface area contributed by atoms with Gasteiger partial charge in [-0.25, -0.2) is 17.8 Å². The second kappa shape index (κ2) is 8.35. The number of nitrogens with zero attached hydrogens (tertiary/aromatic N) is 5. The Labute approximate surface area is 180 Å². The van der Waals surface area contributed by atoms with Crippen LogP contribution in [0, 0.1) is 11.7 Å². The van der Waals surface area contributed by atoms with Crippen molar-refractivity contribution < 1.29 is 12.8 Å². The molecule has 4 rings (SSSR count). The third-order valence-electron chi connectivity index (χ3n) is 5.27. The predicted octanol–water partition coefficient (Wildman–Crippen LogP) is 2.10. The Hall–Kier alpha value is -2.85. The Bertz CT molecular complexity index is 1270. The van der Waals surface area contributed by atoms with E-state index in [9.17, 15) is 17.6 Å². The molecule has 1 aliphatic rings. The smallest absolute Gasteiger partial charge is 0.294 e. The summed E-state index contributed by atoms with van der Waals surface area (Å²) in [5, 5.41) is 0. The third-order valence-corrected chi connectivity index (χ3v) is 7.20. The molecule has 0 bridgehead atoms. The Balaban J connectivity index is 1.63. The quantitative estimate of drug-likeness (QED) is 0.598. The summed E-state index contributed by atoms with van der Waals surface area (Å²) in [6.07, 6.45) is 3.26. The fourth-order valence-electron chi connectivity index (χ4n) is 3.76. The number of hydrogen-bond acceptors (Lipinski definition) is 6. The van der Waals surface area contributed by atoms with Gasteiger partial charge < -0.3 is 9.47 Å². The van der Waals surface area contributed by atoms with Crippen molar-refractivity contribution >= 4 is 26.9 Å². The molecule has 0 aliphatic carbocycles.